The van der Waals surface area contributed by atoms with Crippen molar-refractivity contribution >= 4 is 11.3 Å². The van der Waals surface area contributed by atoms with E-state index in [-0.39, 0.29) is 0 Å². The van der Waals surface area contributed by atoms with Gasteiger partial charge in [-0.15, -0.1) is 11.3 Å². The summed E-state index contributed by atoms with van der Waals surface area (Å²) in [6, 6.07) is 7.03. The Hall–Kier alpha value is -1.39. The molecule has 112 valence electrons. The Morgan fingerprint density at radius 3 is 3.10 bits per heavy atom. The molecule has 0 saturated heterocycles. The smallest absolute Gasteiger partial charge is 0.119 e. The molecular weight excluding hydrogens is 280 g/mol. The number of ether oxygens (including phenoxy) is 1. The van der Waals surface area contributed by atoms with Crippen LogP contribution in [0.1, 0.15) is 35.4 Å². The standard InChI is InChI=1S/C17H22N2OS/c1-12(17-18-7-8-21-17)11-19-15-5-3-13-4-6-16(20-2)10-14(13)9-15/h4,6-8,10,12,15,19H,3,5,9,11H2,1-2H3. The molecule has 0 spiro atoms. The molecule has 3 nitrogen and oxygen atoms in total. The number of aryl methyl sites for hydroxylation is 1. The zero-order valence-electron chi connectivity index (χ0n) is 12.6. The van der Waals surface area contributed by atoms with Crippen LogP contribution in [-0.2, 0) is 12.8 Å². The van der Waals surface area contributed by atoms with E-state index in [9.17, 15) is 0 Å². The lowest BCUT2D eigenvalue weighted by Crippen LogP contribution is -2.36. The van der Waals surface area contributed by atoms with Crippen molar-refractivity contribution < 1.29 is 4.74 Å². The lowest BCUT2D eigenvalue weighted by molar-refractivity contribution is 0.410. The van der Waals surface area contributed by atoms with E-state index in [2.05, 4.69) is 40.8 Å². The van der Waals surface area contributed by atoms with Crippen LogP contribution in [0.2, 0.25) is 0 Å². The third-order valence-electron chi connectivity index (χ3n) is 4.23. The van der Waals surface area contributed by atoms with Crippen LogP contribution in [0.3, 0.4) is 0 Å². The molecule has 1 aromatic heterocycles. The van der Waals surface area contributed by atoms with E-state index in [1.807, 2.05) is 6.20 Å². The second-order valence-electron chi connectivity index (χ2n) is 5.75. The van der Waals surface area contributed by atoms with Crippen LogP contribution >= 0.6 is 11.3 Å². The van der Waals surface area contributed by atoms with Gasteiger partial charge < -0.3 is 10.1 Å². The first-order valence-electron chi connectivity index (χ1n) is 7.55. The number of fused-ring (bicyclic) bond motifs is 1. The minimum absolute atomic E-state index is 0.483. The molecule has 1 aromatic carbocycles. The molecular formula is C17H22N2OS. The number of nitrogens with zero attached hydrogens (tertiary/aromatic N) is 1. The molecule has 0 amide bonds. The Balaban J connectivity index is 1.58. The summed E-state index contributed by atoms with van der Waals surface area (Å²) in [5, 5.41) is 6.99. The van der Waals surface area contributed by atoms with Gasteiger partial charge in [-0.1, -0.05) is 13.0 Å². The average molecular weight is 302 g/mol. The van der Waals surface area contributed by atoms with Crippen molar-refractivity contribution in [3.05, 3.63) is 45.9 Å². The van der Waals surface area contributed by atoms with Gasteiger partial charge in [-0.3, -0.25) is 0 Å². The lowest BCUT2D eigenvalue weighted by atomic mass is 9.88. The summed E-state index contributed by atoms with van der Waals surface area (Å²) in [6.07, 6.45) is 5.35. The molecule has 4 heteroatoms. The van der Waals surface area contributed by atoms with Crippen molar-refractivity contribution in [3.63, 3.8) is 0 Å². The Labute approximate surface area is 130 Å². The Bertz CT molecular complexity index is 582. The number of hydrogen-bond acceptors (Lipinski definition) is 4. The fourth-order valence-corrected chi connectivity index (χ4v) is 3.64. The van der Waals surface area contributed by atoms with Gasteiger partial charge in [-0.2, -0.15) is 0 Å². The molecule has 2 unspecified atom stereocenters. The quantitative estimate of drug-likeness (QED) is 0.919. The van der Waals surface area contributed by atoms with Gasteiger partial charge in [0, 0.05) is 30.1 Å². The van der Waals surface area contributed by atoms with Crippen molar-refractivity contribution in [3.8, 4) is 5.75 Å². The molecule has 0 aliphatic heterocycles. The van der Waals surface area contributed by atoms with Crippen molar-refractivity contribution in [1.29, 1.82) is 0 Å². The van der Waals surface area contributed by atoms with Crippen LogP contribution < -0.4 is 10.1 Å². The maximum absolute atomic E-state index is 5.34. The highest BCUT2D eigenvalue weighted by molar-refractivity contribution is 7.09. The highest BCUT2D eigenvalue weighted by atomic mass is 32.1. The number of hydrogen-bond donors (Lipinski definition) is 1. The molecule has 3 rings (SSSR count). The summed E-state index contributed by atoms with van der Waals surface area (Å²) in [5.74, 6) is 1.45. The number of nitrogens with one attached hydrogen (secondary N) is 1. The number of benzene rings is 1. The summed E-state index contributed by atoms with van der Waals surface area (Å²) < 4.78 is 5.34. The summed E-state index contributed by atoms with van der Waals surface area (Å²) >= 11 is 1.74. The molecule has 0 bridgehead atoms. The SMILES string of the molecule is COc1ccc2c(c1)CC(NCC(C)c1nccs1)CC2. The molecule has 21 heavy (non-hydrogen) atoms. The normalized spacial score (nSPS) is 19.0. The maximum atomic E-state index is 5.34. The number of methoxy groups -OCH3 is 1. The van der Waals surface area contributed by atoms with Crippen LogP contribution in [0.15, 0.2) is 29.8 Å². The van der Waals surface area contributed by atoms with Crippen LogP contribution in [0.25, 0.3) is 0 Å². The summed E-state index contributed by atoms with van der Waals surface area (Å²) in [6.45, 7) is 3.24. The van der Waals surface area contributed by atoms with Crippen LogP contribution in [0, 0.1) is 0 Å². The van der Waals surface area contributed by atoms with Crippen LogP contribution in [0.4, 0.5) is 0 Å². The predicted octanol–water partition coefficient (Wildman–Crippen LogP) is 3.40. The second kappa shape index (κ2) is 6.58. The summed E-state index contributed by atoms with van der Waals surface area (Å²) in [7, 11) is 1.73. The molecule has 0 fully saturated rings. The second-order valence-corrected chi connectivity index (χ2v) is 6.68. The third-order valence-corrected chi connectivity index (χ3v) is 5.23. The fraction of sp³-hybridized carbons (Fsp3) is 0.471. The first kappa shape index (κ1) is 14.5. The first-order chi connectivity index (χ1) is 10.3. The Morgan fingerprint density at radius 2 is 2.33 bits per heavy atom. The van der Waals surface area contributed by atoms with Gasteiger partial charge in [0.1, 0.15) is 5.75 Å². The van der Waals surface area contributed by atoms with Gasteiger partial charge in [-0.05, 0) is 42.5 Å². The molecule has 1 aliphatic rings. The summed E-state index contributed by atoms with van der Waals surface area (Å²) in [4.78, 5) is 4.40. The van der Waals surface area contributed by atoms with Crippen molar-refractivity contribution in [2.45, 2.75) is 38.1 Å². The molecule has 2 aromatic rings. The molecule has 0 saturated carbocycles. The third kappa shape index (κ3) is 3.44. The average Bonchev–Trinajstić information content (AvgIpc) is 3.06. The molecule has 2 atom stereocenters. The Kier molecular flexibility index (Phi) is 4.56. The fourth-order valence-electron chi connectivity index (χ4n) is 2.94. The minimum atomic E-state index is 0.483. The van der Waals surface area contributed by atoms with E-state index in [1.165, 1.54) is 22.6 Å². The van der Waals surface area contributed by atoms with E-state index < -0.39 is 0 Å². The van der Waals surface area contributed by atoms with Crippen molar-refractivity contribution in [2.75, 3.05) is 13.7 Å². The first-order valence-corrected chi connectivity index (χ1v) is 8.43. The van der Waals surface area contributed by atoms with Gasteiger partial charge in [0.05, 0.1) is 12.1 Å². The van der Waals surface area contributed by atoms with Gasteiger partial charge in [0.25, 0.3) is 0 Å². The van der Waals surface area contributed by atoms with Gasteiger partial charge in [0.15, 0.2) is 0 Å². The van der Waals surface area contributed by atoms with E-state index in [4.69, 9.17) is 4.74 Å². The van der Waals surface area contributed by atoms with Gasteiger partial charge in [0.2, 0.25) is 0 Å². The van der Waals surface area contributed by atoms with Crippen molar-refractivity contribution in [1.82, 2.24) is 10.3 Å². The summed E-state index contributed by atoms with van der Waals surface area (Å²) in [5.41, 5.74) is 2.90. The van der Waals surface area contributed by atoms with Gasteiger partial charge in [-0.25, -0.2) is 4.98 Å². The Morgan fingerprint density at radius 1 is 1.43 bits per heavy atom. The zero-order valence-corrected chi connectivity index (χ0v) is 13.5. The highest BCUT2D eigenvalue weighted by Crippen LogP contribution is 2.26. The largest absolute Gasteiger partial charge is 0.497 e. The topological polar surface area (TPSA) is 34.1 Å². The zero-order chi connectivity index (χ0) is 14.7. The lowest BCUT2D eigenvalue weighted by Gasteiger charge is -2.27. The van der Waals surface area contributed by atoms with Crippen LogP contribution in [0.5, 0.6) is 5.75 Å². The monoisotopic (exact) mass is 302 g/mol. The highest BCUT2D eigenvalue weighted by Gasteiger charge is 2.19. The minimum Gasteiger partial charge on any atom is -0.497 e. The number of rotatable bonds is 5. The molecule has 0 radical (unpaired) electrons. The van der Waals surface area contributed by atoms with Gasteiger partial charge >= 0.3 is 0 Å². The van der Waals surface area contributed by atoms with Crippen LogP contribution in [-0.4, -0.2) is 24.7 Å². The predicted molar refractivity (Wildman–Crippen MR) is 87.3 cm³/mol. The van der Waals surface area contributed by atoms with E-state index in [0.29, 0.717) is 12.0 Å². The van der Waals surface area contributed by atoms with Crippen molar-refractivity contribution in [2.24, 2.45) is 0 Å². The molecule has 1 N–H and O–H groups in total. The van der Waals surface area contributed by atoms with E-state index in [0.717, 1.165) is 25.1 Å². The van der Waals surface area contributed by atoms with E-state index in [1.54, 1.807) is 18.4 Å². The number of aromatic nitrogens is 1. The molecule has 1 aliphatic carbocycles. The molecule has 1 heterocycles. The number of thiazole rings is 1. The van der Waals surface area contributed by atoms with E-state index >= 15 is 0 Å². The maximum Gasteiger partial charge on any atom is 0.119 e.